The van der Waals surface area contributed by atoms with Crippen molar-refractivity contribution in [2.75, 3.05) is 62.4 Å². The SMILES string of the molecule is O=C(O)c1cc(N=c2[nH]c(N(CCO)CCO)nc(=Nc3ccccc3)[nH]2)ccc1/C=C/c1ccc(N=c2[nH]c(N(CCO)CCO)nc(=Nc3ccccc3)[nH]2)cc1C(=O)O. The summed E-state index contributed by atoms with van der Waals surface area (Å²) in [4.78, 5) is 67.5. The van der Waals surface area contributed by atoms with Crippen molar-refractivity contribution >= 4 is 58.7 Å². The molecule has 0 aliphatic carbocycles. The number of aliphatic hydroxyl groups is 4. The molecule has 20 nitrogen and oxygen atoms in total. The van der Waals surface area contributed by atoms with Crippen LogP contribution >= 0.6 is 0 Å². The maximum absolute atomic E-state index is 12.5. The van der Waals surface area contributed by atoms with Crippen molar-refractivity contribution < 1.29 is 40.2 Å². The van der Waals surface area contributed by atoms with Gasteiger partial charge in [0.1, 0.15) is 0 Å². The lowest BCUT2D eigenvalue weighted by Gasteiger charge is -2.20. The number of nitrogens with zero attached hydrogens (tertiary/aromatic N) is 8. The van der Waals surface area contributed by atoms with E-state index in [2.05, 4.69) is 49.9 Å². The molecule has 0 aliphatic rings. The van der Waals surface area contributed by atoms with Gasteiger partial charge in [-0.3, -0.25) is 19.9 Å². The zero-order valence-electron chi connectivity index (χ0n) is 33.1. The fourth-order valence-corrected chi connectivity index (χ4v) is 6.02. The summed E-state index contributed by atoms with van der Waals surface area (Å²) < 4.78 is 0. The number of carboxylic acid groups (broad SMARTS) is 2. The number of benzene rings is 4. The predicted molar refractivity (Wildman–Crippen MR) is 228 cm³/mol. The molecular formula is C42H44N12O8. The molecular weight excluding hydrogens is 801 g/mol. The lowest BCUT2D eigenvalue weighted by molar-refractivity contribution is 0.0685. The first kappa shape index (κ1) is 43.8. The molecule has 4 aromatic carbocycles. The van der Waals surface area contributed by atoms with E-state index in [1.165, 1.54) is 36.4 Å². The Kier molecular flexibility index (Phi) is 15.2. The predicted octanol–water partition coefficient (Wildman–Crippen LogP) is 1.87. The van der Waals surface area contributed by atoms with Crippen molar-refractivity contribution in [3.8, 4) is 0 Å². The standard InChI is InChI=1S/C42H44N12O8/c55-21-17-53(18-22-56)41-49-37(43-29-7-3-1-4-8-29)47-39(51-41)45-31-15-13-27(33(25-31)35(59)60)11-12-28-14-16-32(26-34(28)36(61)62)46-40-48-38(44-30-9-5-2-6-10-30)50-42(52-40)54(19-23-57)20-24-58/h1-16,25-26,55-58H,17-24H2,(H,59,60)(H,61,62)(H2,43,45,47,49,51)(H2,44,46,48,50,52)/b12-11+. The second-order valence-corrected chi connectivity index (χ2v) is 13.2. The first-order chi connectivity index (χ1) is 30.2. The molecule has 6 aromatic rings. The first-order valence-corrected chi connectivity index (χ1v) is 19.2. The number of nitrogens with one attached hydrogen (secondary N) is 4. The van der Waals surface area contributed by atoms with Crippen molar-refractivity contribution in [1.82, 2.24) is 29.9 Å². The molecule has 0 radical (unpaired) electrons. The van der Waals surface area contributed by atoms with Gasteiger partial charge in [-0.15, -0.1) is 0 Å². The molecule has 0 amide bonds. The zero-order valence-corrected chi connectivity index (χ0v) is 33.1. The highest BCUT2D eigenvalue weighted by atomic mass is 16.4. The Morgan fingerprint density at radius 3 is 1.21 bits per heavy atom. The van der Waals surface area contributed by atoms with Crippen LogP contribution in [0.5, 0.6) is 0 Å². The number of rotatable bonds is 18. The largest absolute Gasteiger partial charge is 0.478 e. The summed E-state index contributed by atoms with van der Waals surface area (Å²) >= 11 is 0. The lowest BCUT2D eigenvalue weighted by atomic mass is 10.0. The van der Waals surface area contributed by atoms with Crippen LogP contribution in [0.3, 0.4) is 0 Å². The van der Waals surface area contributed by atoms with Crippen molar-refractivity contribution in [3.63, 3.8) is 0 Å². The van der Waals surface area contributed by atoms with Crippen LogP contribution in [0.25, 0.3) is 12.2 Å². The van der Waals surface area contributed by atoms with Crippen LogP contribution in [0.4, 0.5) is 34.6 Å². The van der Waals surface area contributed by atoms with Crippen LogP contribution in [0.15, 0.2) is 117 Å². The number of aliphatic hydroxyl groups excluding tert-OH is 4. The van der Waals surface area contributed by atoms with Gasteiger partial charge in [-0.2, -0.15) is 9.97 Å². The molecule has 320 valence electrons. The molecule has 0 unspecified atom stereocenters. The van der Waals surface area contributed by atoms with Gasteiger partial charge >= 0.3 is 11.9 Å². The third-order valence-electron chi connectivity index (χ3n) is 8.86. The van der Waals surface area contributed by atoms with Gasteiger partial charge in [0.15, 0.2) is 0 Å². The Morgan fingerprint density at radius 2 is 0.871 bits per heavy atom. The van der Waals surface area contributed by atoms with Gasteiger partial charge in [-0.25, -0.2) is 29.6 Å². The highest BCUT2D eigenvalue weighted by molar-refractivity contribution is 5.97. The van der Waals surface area contributed by atoms with E-state index in [0.29, 0.717) is 11.4 Å². The Labute approximate surface area is 352 Å². The number of carbonyl (C=O) groups is 2. The quantitative estimate of drug-likeness (QED) is 0.0555. The van der Waals surface area contributed by atoms with E-state index in [9.17, 15) is 40.2 Å². The Bertz CT molecular complexity index is 2600. The Balaban J connectivity index is 1.36. The molecule has 62 heavy (non-hydrogen) atoms. The van der Waals surface area contributed by atoms with Gasteiger partial charge in [0, 0.05) is 26.2 Å². The minimum Gasteiger partial charge on any atom is -0.478 e. The monoisotopic (exact) mass is 844 g/mol. The van der Waals surface area contributed by atoms with E-state index in [0.717, 1.165) is 0 Å². The minimum atomic E-state index is -1.26. The molecule has 2 aromatic heterocycles. The van der Waals surface area contributed by atoms with Crippen LogP contribution in [-0.4, -0.2) is 125 Å². The number of carboxylic acids is 2. The Hall–Kier alpha value is -7.78. The smallest absolute Gasteiger partial charge is 0.336 e. The second kappa shape index (κ2) is 21.5. The van der Waals surface area contributed by atoms with Crippen molar-refractivity contribution in [1.29, 1.82) is 0 Å². The fraction of sp³-hybridized carbons (Fsp3) is 0.190. The van der Waals surface area contributed by atoms with E-state index in [1.54, 1.807) is 46.2 Å². The van der Waals surface area contributed by atoms with Crippen molar-refractivity contribution in [2.24, 2.45) is 20.0 Å². The van der Waals surface area contributed by atoms with Gasteiger partial charge in [0.05, 0.1) is 60.3 Å². The summed E-state index contributed by atoms with van der Waals surface area (Å²) in [5.41, 5.74) is 2.57. The van der Waals surface area contributed by atoms with E-state index in [-0.39, 0.29) is 121 Å². The number of anilines is 2. The summed E-state index contributed by atoms with van der Waals surface area (Å²) in [5, 5.41) is 58.9. The van der Waals surface area contributed by atoms with E-state index < -0.39 is 11.9 Å². The highest BCUT2D eigenvalue weighted by Crippen LogP contribution is 2.24. The number of aromatic nitrogens is 6. The first-order valence-electron chi connectivity index (χ1n) is 19.2. The van der Waals surface area contributed by atoms with Gasteiger partial charge in [-0.1, -0.05) is 60.7 Å². The summed E-state index contributed by atoms with van der Waals surface area (Å²) in [7, 11) is 0. The molecule has 0 saturated carbocycles. The molecule has 10 N–H and O–H groups in total. The molecule has 20 heteroatoms. The summed E-state index contributed by atoms with van der Waals surface area (Å²) in [6.45, 7) is -0.271. The number of hydrogen-bond donors (Lipinski definition) is 10. The van der Waals surface area contributed by atoms with Crippen LogP contribution < -0.4 is 32.3 Å². The molecule has 0 atom stereocenters. The van der Waals surface area contributed by atoms with Gasteiger partial charge < -0.3 is 40.4 Å². The Morgan fingerprint density at radius 1 is 0.500 bits per heavy atom. The molecule has 2 heterocycles. The fourth-order valence-electron chi connectivity index (χ4n) is 6.02. The normalized spacial score (nSPS) is 12.6. The van der Waals surface area contributed by atoms with E-state index in [4.69, 9.17) is 0 Å². The maximum atomic E-state index is 12.5. The van der Waals surface area contributed by atoms with Gasteiger partial charge in [0.2, 0.25) is 34.4 Å². The summed E-state index contributed by atoms with van der Waals surface area (Å²) in [6, 6.07) is 27.0. The van der Waals surface area contributed by atoms with Crippen molar-refractivity contribution in [2.45, 2.75) is 0 Å². The average Bonchev–Trinajstić information content (AvgIpc) is 3.26. The molecule has 0 bridgehead atoms. The number of hydrogen-bond acceptors (Lipinski definition) is 14. The summed E-state index contributed by atoms with van der Waals surface area (Å²) in [6.07, 6.45) is 2.97. The van der Waals surface area contributed by atoms with Crippen LogP contribution in [-0.2, 0) is 0 Å². The van der Waals surface area contributed by atoms with Gasteiger partial charge in [-0.05, 0) is 59.7 Å². The third-order valence-corrected chi connectivity index (χ3v) is 8.86. The molecule has 0 saturated heterocycles. The second-order valence-electron chi connectivity index (χ2n) is 13.2. The van der Waals surface area contributed by atoms with Crippen LogP contribution in [0.2, 0.25) is 0 Å². The third kappa shape index (κ3) is 11.9. The molecule has 0 spiro atoms. The van der Waals surface area contributed by atoms with Crippen LogP contribution in [0.1, 0.15) is 31.8 Å². The van der Waals surface area contributed by atoms with E-state index in [1.807, 2.05) is 36.4 Å². The number of H-pyrrole nitrogens is 4. The highest BCUT2D eigenvalue weighted by Gasteiger charge is 2.14. The lowest BCUT2D eigenvalue weighted by Crippen LogP contribution is -2.37. The molecule has 0 fully saturated rings. The van der Waals surface area contributed by atoms with Crippen LogP contribution in [0, 0.1) is 0 Å². The topological polar surface area (TPSA) is 300 Å². The number of aromatic carboxylic acids is 2. The number of aromatic amines is 4. The molecule has 6 rings (SSSR count). The molecule has 0 aliphatic heterocycles. The minimum absolute atomic E-state index is 0.121. The van der Waals surface area contributed by atoms with E-state index >= 15 is 0 Å². The number of para-hydroxylation sites is 2. The van der Waals surface area contributed by atoms with Gasteiger partial charge in [0.25, 0.3) is 0 Å². The summed E-state index contributed by atoms with van der Waals surface area (Å²) in [5.74, 6) is -2.01. The average molecular weight is 845 g/mol. The van der Waals surface area contributed by atoms with Crippen molar-refractivity contribution in [3.05, 3.63) is 142 Å². The maximum Gasteiger partial charge on any atom is 0.336 e. The zero-order chi connectivity index (χ0) is 43.8.